The summed E-state index contributed by atoms with van der Waals surface area (Å²) in [5.41, 5.74) is 0. The minimum atomic E-state index is -0.182. The van der Waals surface area contributed by atoms with Crippen LogP contribution in [0.3, 0.4) is 0 Å². The molecule has 0 aliphatic rings. The van der Waals surface area contributed by atoms with Crippen molar-refractivity contribution in [2.45, 2.75) is 6.42 Å². The Balaban J connectivity index is 2.70. The summed E-state index contributed by atoms with van der Waals surface area (Å²) >= 11 is 1.33. The molecule has 0 saturated carbocycles. The third-order valence-electron chi connectivity index (χ3n) is 2.74. The second kappa shape index (κ2) is 10.4. The third kappa shape index (κ3) is 6.27. The fraction of sp³-hybridized carbons (Fsp3) is 0.533. The van der Waals surface area contributed by atoms with Crippen LogP contribution in [0.15, 0.2) is 12.1 Å². The van der Waals surface area contributed by atoms with Gasteiger partial charge in [-0.2, -0.15) is 0 Å². The first-order valence-electron chi connectivity index (χ1n) is 6.69. The molecule has 0 aliphatic heterocycles. The van der Waals surface area contributed by atoms with E-state index in [0.717, 1.165) is 11.3 Å². The van der Waals surface area contributed by atoms with Crippen LogP contribution in [0.25, 0.3) is 0 Å². The van der Waals surface area contributed by atoms with Crippen LogP contribution in [0, 0.1) is 11.8 Å². The molecule has 0 radical (unpaired) electrons. The van der Waals surface area contributed by atoms with Crippen LogP contribution in [-0.2, 0) is 9.47 Å². The lowest BCUT2D eigenvalue weighted by atomic mass is 10.3. The molecule has 0 bridgehead atoms. The number of rotatable bonds is 8. The van der Waals surface area contributed by atoms with Crippen molar-refractivity contribution in [2.24, 2.45) is 0 Å². The summed E-state index contributed by atoms with van der Waals surface area (Å²) in [6.07, 6.45) is 0.786. The number of hydrogen-bond acceptors (Lipinski definition) is 5. The highest BCUT2D eigenvalue weighted by Gasteiger charge is 2.17. The first-order chi connectivity index (χ1) is 10.2. The number of carbonyl (C=O) groups excluding carboxylic acids is 1. The van der Waals surface area contributed by atoms with Crippen molar-refractivity contribution in [3.05, 3.63) is 21.9 Å². The van der Waals surface area contributed by atoms with Crippen molar-refractivity contribution >= 4 is 17.2 Å². The van der Waals surface area contributed by atoms with Gasteiger partial charge in [0.2, 0.25) is 0 Å². The van der Waals surface area contributed by atoms with Gasteiger partial charge in [0.25, 0.3) is 5.91 Å². The number of ether oxygens (including phenoxy) is 2. The first-order valence-corrected chi connectivity index (χ1v) is 7.51. The molecule has 0 aliphatic carbocycles. The van der Waals surface area contributed by atoms with Crippen molar-refractivity contribution in [1.82, 2.24) is 4.90 Å². The van der Waals surface area contributed by atoms with E-state index in [2.05, 4.69) is 11.8 Å². The van der Waals surface area contributed by atoms with Crippen molar-refractivity contribution in [3.63, 3.8) is 0 Å². The van der Waals surface area contributed by atoms with E-state index < -0.39 is 0 Å². The molecule has 1 heterocycles. The van der Waals surface area contributed by atoms with Gasteiger partial charge in [-0.25, -0.2) is 0 Å². The molecule has 1 aromatic heterocycles. The van der Waals surface area contributed by atoms with Gasteiger partial charge in [0.15, 0.2) is 0 Å². The zero-order valence-corrected chi connectivity index (χ0v) is 13.2. The van der Waals surface area contributed by atoms with Crippen LogP contribution in [0.2, 0.25) is 0 Å². The Hall–Kier alpha value is -1.39. The zero-order chi connectivity index (χ0) is 15.5. The van der Waals surface area contributed by atoms with Gasteiger partial charge in [-0.05, 0) is 18.6 Å². The molecule has 1 aromatic rings. The topological polar surface area (TPSA) is 59.0 Å². The lowest BCUT2D eigenvalue weighted by Crippen LogP contribution is -2.34. The zero-order valence-electron chi connectivity index (χ0n) is 12.4. The minimum absolute atomic E-state index is 0.0230. The van der Waals surface area contributed by atoms with Crippen LogP contribution in [0.1, 0.15) is 21.0 Å². The van der Waals surface area contributed by atoms with E-state index in [0.29, 0.717) is 31.2 Å². The second-order valence-corrected chi connectivity index (χ2v) is 5.34. The Bertz CT molecular complexity index is 489. The highest BCUT2D eigenvalue weighted by atomic mass is 32.1. The number of nitrogens with zero attached hydrogens (tertiary/aromatic N) is 1. The van der Waals surface area contributed by atoms with Gasteiger partial charge in [0.05, 0.1) is 16.4 Å². The summed E-state index contributed by atoms with van der Waals surface area (Å²) in [6, 6.07) is 3.56. The quantitative estimate of drug-likeness (QED) is 0.579. The molecule has 21 heavy (non-hydrogen) atoms. The summed E-state index contributed by atoms with van der Waals surface area (Å²) in [5.74, 6) is 5.36. The lowest BCUT2D eigenvalue weighted by Gasteiger charge is -2.21. The van der Waals surface area contributed by atoms with E-state index in [-0.39, 0.29) is 12.5 Å². The van der Waals surface area contributed by atoms with Crippen LogP contribution in [-0.4, -0.2) is 63.0 Å². The Morgan fingerprint density at radius 2 is 2.05 bits per heavy atom. The summed E-state index contributed by atoms with van der Waals surface area (Å²) in [7, 11) is 3.26. The molecule has 0 aromatic carbocycles. The summed E-state index contributed by atoms with van der Waals surface area (Å²) < 4.78 is 10.1. The second-order valence-electron chi connectivity index (χ2n) is 4.26. The average molecular weight is 311 g/mol. The molecule has 0 unspecified atom stereocenters. The number of aliphatic hydroxyl groups excluding tert-OH is 1. The first kappa shape index (κ1) is 17.7. The van der Waals surface area contributed by atoms with Gasteiger partial charge in [0, 0.05) is 33.9 Å². The molecule has 0 spiro atoms. The van der Waals surface area contributed by atoms with Crippen molar-refractivity contribution in [3.8, 4) is 11.8 Å². The molecule has 1 N–H and O–H groups in total. The van der Waals surface area contributed by atoms with Gasteiger partial charge >= 0.3 is 0 Å². The number of amides is 1. The van der Waals surface area contributed by atoms with E-state index in [1.165, 1.54) is 11.3 Å². The average Bonchev–Trinajstić information content (AvgIpc) is 2.97. The predicted octanol–water partition coefficient (Wildman–Crippen LogP) is 1.22. The monoisotopic (exact) mass is 311 g/mol. The number of thiophene rings is 1. The van der Waals surface area contributed by atoms with E-state index in [4.69, 9.17) is 14.6 Å². The standard InChI is InChI=1S/C15H21NO4S/c1-19-11-4-8-16(9-12-20-2)15(18)14-7-6-13(21-14)5-3-10-17/h6-7,17H,4,8-12H2,1-2H3. The molecule has 1 amide bonds. The molecule has 6 heteroatoms. The van der Waals surface area contributed by atoms with Gasteiger partial charge in [0.1, 0.15) is 6.61 Å². The Morgan fingerprint density at radius 3 is 2.71 bits per heavy atom. The van der Waals surface area contributed by atoms with E-state index in [1.807, 2.05) is 0 Å². The smallest absolute Gasteiger partial charge is 0.264 e. The van der Waals surface area contributed by atoms with Gasteiger partial charge in [-0.1, -0.05) is 11.8 Å². The molecular formula is C15H21NO4S. The van der Waals surface area contributed by atoms with Crippen molar-refractivity contribution < 1.29 is 19.4 Å². The fourth-order valence-corrected chi connectivity index (χ4v) is 2.57. The normalized spacial score (nSPS) is 10.0. The van der Waals surface area contributed by atoms with Crippen LogP contribution < -0.4 is 0 Å². The molecule has 0 saturated heterocycles. The lowest BCUT2D eigenvalue weighted by molar-refractivity contribution is 0.0679. The predicted molar refractivity (Wildman–Crippen MR) is 82.6 cm³/mol. The van der Waals surface area contributed by atoms with Crippen molar-refractivity contribution in [2.75, 3.05) is 47.1 Å². The van der Waals surface area contributed by atoms with Crippen LogP contribution in [0.4, 0.5) is 0 Å². The Labute approximate surface area is 129 Å². The van der Waals surface area contributed by atoms with E-state index in [1.54, 1.807) is 31.3 Å². The molecule has 116 valence electrons. The molecule has 0 atom stereocenters. The third-order valence-corrected chi connectivity index (χ3v) is 3.73. The summed E-state index contributed by atoms with van der Waals surface area (Å²) in [4.78, 5) is 15.7. The highest BCUT2D eigenvalue weighted by Crippen LogP contribution is 2.17. The largest absolute Gasteiger partial charge is 0.385 e. The molecular weight excluding hydrogens is 290 g/mol. The van der Waals surface area contributed by atoms with Crippen LogP contribution in [0.5, 0.6) is 0 Å². The van der Waals surface area contributed by atoms with Crippen molar-refractivity contribution in [1.29, 1.82) is 0 Å². The van der Waals surface area contributed by atoms with Gasteiger partial charge in [-0.3, -0.25) is 4.79 Å². The molecule has 1 rings (SSSR count). The summed E-state index contributed by atoms with van der Waals surface area (Å²) in [5, 5.41) is 8.68. The van der Waals surface area contributed by atoms with Gasteiger partial charge in [-0.15, -0.1) is 11.3 Å². The molecule has 0 fully saturated rings. The molecule has 5 nitrogen and oxygen atoms in total. The number of methoxy groups -OCH3 is 2. The highest BCUT2D eigenvalue weighted by molar-refractivity contribution is 7.14. The number of hydrogen-bond donors (Lipinski definition) is 1. The number of aliphatic hydroxyl groups is 1. The fourth-order valence-electron chi connectivity index (χ4n) is 1.72. The van der Waals surface area contributed by atoms with E-state index in [9.17, 15) is 4.79 Å². The van der Waals surface area contributed by atoms with Gasteiger partial charge < -0.3 is 19.5 Å². The maximum atomic E-state index is 12.5. The maximum Gasteiger partial charge on any atom is 0.264 e. The Kier molecular flexibility index (Phi) is 8.71. The van der Waals surface area contributed by atoms with E-state index >= 15 is 0 Å². The maximum absolute atomic E-state index is 12.5. The summed E-state index contributed by atoms with van der Waals surface area (Å²) in [6.45, 7) is 2.12. The number of carbonyl (C=O) groups is 1. The minimum Gasteiger partial charge on any atom is -0.385 e. The Morgan fingerprint density at radius 1 is 1.29 bits per heavy atom. The SMILES string of the molecule is COCCCN(CCOC)C(=O)c1ccc(C#CCO)s1. The van der Waals surface area contributed by atoms with Crippen LogP contribution >= 0.6 is 11.3 Å².